The Morgan fingerprint density at radius 3 is 2.37 bits per heavy atom. The number of piperidine rings is 1. The molecule has 0 radical (unpaired) electrons. The van der Waals surface area contributed by atoms with Gasteiger partial charge in [-0.15, -0.1) is 0 Å². The third-order valence-electron chi connectivity index (χ3n) is 11.0. The molecule has 2 heterocycles. The molecule has 2 bridgehead atoms. The fraction of sp³-hybridized carbons (Fsp3) is 0.500. The van der Waals surface area contributed by atoms with Crippen LogP contribution in [0.25, 0.3) is 0 Å². The molecule has 214 valence electrons. The molecule has 3 aromatic carbocycles. The van der Waals surface area contributed by atoms with Crippen molar-refractivity contribution in [3.63, 3.8) is 0 Å². The standard InChI is InChI=1S/C36H41NO4/c1-38-30-15-14-28-22-31-34(23-26-8-4-2-5-9-26)16-17-36(39-20-21-40-36)25-35(34,18-19-37(31)24-27-12-13-27)32(28)33(30)41-29-10-6-3-7-11-29/h2-11,14-15,27,31H,12-13,16-25H2,1H3/t31-,34-,35-/m1/s1. The molecule has 5 nitrogen and oxygen atoms in total. The van der Waals surface area contributed by atoms with Gasteiger partial charge in [0.2, 0.25) is 0 Å². The zero-order valence-electron chi connectivity index (χ0n) is 24.1. The van der Waals surface area contributed by atoms with E-state index in [1.807, 2.05) is 30.3 Å². The highest BCUT2D eigenvalue weighted by Gasteiger charge is 2.69. The van der Waals surface area contributed by atoms with E-state index >= 15 is 0 Å². The minimum Gasteiger partial charge on any atom is -0.493 e. The number of rotatable bonds is 7. The number of likely N-dealkylation sites (tertiary alicyclic amines) is 1. The van der Waals surface area contributed by atoms with E-state index in [0.29, 0.717) is 19.3 Å². The molecule has 0 unspecified atom stereocenters. The van der Waals surface area contributed by atoms with Crippen LogP contribution < -0.4 is 9.47 Å². The summed E-state index contributed by atoms with van der Waals surface area (Å²) >= 11 is 0. The summed E-state index contributed by atoms with van der Waals surface area (Å²) in [4.78, 5) is 2.89. The van der Waals surface area contributed by atoms with Crippen LogP contribution in [0.1, 0.15) is 55.2 Å². The number of benzene rings is 3. The molecule has 4 fully saturated rings. The van der Waals surface area contributed by atoms with Crippen LogP contribution in [0.2, 0.25) is 0 Å². The van der Waals surface area contributed by atoms with Gasteiger partial charge in [-0.2, -0.15) is 0 Å². The molecule has 3 atom stereocenters. The number of hydrogen-bond acceptors (Lipinski definition) is 5. The van der Waals surface area contributed by atoms with Gasteiger partial charge in [0.25, 0.3) is 0 Å². The summed E-state index contributed by atoms with van der Waals surface area (Å²) in [5.41, 5.74) is 4.05. The molecule has 1 spiro atoms. The predicted molar refractivity (Wildman–Crippen MR) is 159 cm³/mol. The quantitative estimate of drug-likeness (QED) is 0.319. The number of hydrogen-bond donors (Lipinski definition) is 0. The van der Waals surface area contributed by atoms with Crippen molar-refractivity contribution in [1.82, 2.24) is 4.90 Å². The summed E-state index contributed by atoms with van der Waals surface area (Å²) in [6.07, 6.45) is 8.83. The number of methoxy groups -OCH3 is 1. The Balaban J connectivity index is 1.36. The van der Waals surface area contributed by atoms with Gasteiger partial charge in [0.05, 0.1) is 20.3 Å². The Morgan fingerprint density at radius 1 is 0.878 bits per heavy atom. The Bertz CT molecular complexity index is 1400. The molecule has 5 heteroatoms. The summed E-state index contributed by atoms with van der Waals surface area (Å²) in [7, 11) is 1.77. The summed E-state index contributed by atoms with van der Waals surface area (Å²) < 4.78 is 26.0. The minimum absolute atomic E-state index is 0.0379. The number of ether oxygens (including phenoxy) is 4. The van der Waals surface area contributed by atoms with Crippen LogP contribution in [-0.4, -0.2) is 50.1 Å². The summed E-state index contributed by atoms with van der Waals surface area (Å²) in [5.74, 6) is 2.88. The SMILES string of the molecule is COc1ccc2c(c1Oc1ccccc1)[C@]13CCN(CC4CC4)[C@H](C2)[C@]1(Cc1ccccc1)CCC1(C3)OCCO1. The third kappa shape index (κ3) is 4.15. The molecular weight excluding hydrogens is 510 g/mol. The van der Waals surface area contributed by atoms with Gasteiger partial charge in [0.1, 0.15) is 5.75 Å². The summed E-state index contributed by atoms with van der Waals surface area (Å²) in [5, 5.41) is 0. The van der Waals surface area contributed by atoms with Gasteiger partial charge in [-0.25, -0.2) is 0 Å². The zero-order valence-corrected chi connectivity index (χ0v) is 24.1. The van der Waals surface area contributed by atoms with Crippen LogP contribution in [-0.2, 0) is 27.7 Å². The maximum absolute atomic E-state index is 6.86. The van der Waals surface area contributed by atoms with Crippen molar-refractivity contribution in [2.45, 2.75) is 68.6 Å². The van der Waals surface area contributed by atoms with E-state index in [2.05, 4.69) is 47.4 Å². The van der Waals surface area contributed by atoms with Crippen molar-refractivity contribution in [3.05, 3.63) is 89.5 Å². The van der Waals surface area contributed by atoms with Gasteiger partial charge < -0.3 is 18.9 Å². The second-order valence-corrected chi connectivity index (χ2v) is 13.1. The lowest BCUT2D eigenvalue weighted by Crippen LogP contribution is -2.71. The Kier molecular flexibility index (Phi) is 6.21. The lowest BCUT2D eigenvalue weighted by molar-refractivity contribution is -0.237. The van der Waals surface area contributed by atoms with E-state index in [4.69, 9.17) is 18.9 Å². The summed E-state index contributed by atoms with van der Waals surface area (Å²) in [6.45, 7) is 3.69. The summed E-state index contributed by atoms with van der Waals surface area (Å²) in [6, 6.07) is 26.3. The largest absolute Gasteiger partial charge is 0.493 e. The Labute approximate surface area is 243 Å². The maximum Gasteiger partial charge on any atom is 0.173 e. The van der Waals surface area contributed by atoms with Gasteiger partial charge in [-0.05, 0) is 80.3 Å². The van der Waals surface area contributed by atoms with Crippen LogP contribution in [0.15, 0.2) is 72.8 Å². The van der Waals surface area contributed by atoms with E-state index in [0.717, 1.165) is 68.2 Å². The molecule has 5 aliphatic rings. The van der Waals surface area contributed by atoms with Crippen molar-refractivity contribution in [2.75, 3.05) is 33.4 Å². The van der Waals surface area contributed by atoms with E-state index in [9.17, 15) is 0 Å². The first kappa shape index (κ1) is 25.8. The topological polar surface area (TPSA) is 40.2 Å². The monoisotopic (exact) mass is 551 g/mol. The first-order valence-electron chi connectivity index (χ1n) is 15.6. The van der Waals surface area contributed by atoms with Crippen LogP contribution in [0.5, 0.6) is 17.2 Å². The second kappa shape index (κ2) is 9.86. The lowest BCUT2D eigenvalue weighted by Gasteiger charge is -2.68. The molecule has 0 N–H and O–H groups in total. The highest BCUT2D eigenvalue weighted by molar-refractivity contribution is 5.60. The zero-order chi connectivity index (χ0) is 27.5. The van der Waals surface area contributed by atoms with E-state index in [1.165, 1.54) is 36.1 Å². The van der Waals surface area contributed by atoms with Gasteiger partial charge in [-0.1, -0.05) is 54.6 Å². The van der Waals surface area contributed by atoms with Crippen molar-refractivity contribution in [1.29, 1.82) is 0 Å². The molecule has 8 rings (SSSR count). The highest BCUT2D eigenvalue weighted by atomic mass is 16.7. The average Bonchev–Trinajstić information content (AvgIpc) is 3.71. The minimum atomic E-state index is -0.523. The van der Waals surface area contributed by atoms with Gasteiger partial charge in [0.15, 0.2) is 17.3 Å². The van der Waals surface area contributed by atoms with Gasteiger partial charge >= 0.3 is 0 Å². The molecule has 0 aromatic heterocycles. The number of fused-ring (bicyclic) bond motifs is 1. The van der Waals surface area contributed by atoms with Crippen LogP contribution in [0.4, 0.5) is 0 Å². The van der Waals surface area contributed by atoms with Crippen molar-refractivity contribution in [3.8, 4) is 17.2 Å². The molecule has 2 saturated carbocycles. The van der Waals surface area contributed by atoms with E-state index in [1.54, 1.807) is 7.11 Å². The maximum atomic E-state index is 6.86. The normalized spacial score (nSPS) is 30.0. The first-order chi connectivity index (χ1) is 20.1. The molecule has 2 saturated heterocycles. The molecule has 3 aromatic rings. The lowest BCUT2D eigenvalue weighted by atomic mass is 9.41. The second-order valence-electron chi connectivity index (χ2n) is 13.1. The van der Waals surface area contributed by atoms with Crippen molar-refractivity contribution in [2.24, 2.45) is 11.3 Å². The molecular formula is C36H41NO4. The number of nitrogens with zero attached hydrogens (tertiary/aromatic N) is 1. The fourth-order valence-electron chi connectivity index (χ4n) is 9.13. The van der Waals surface area contributed by atoms with E-state index < -0.39 is 5.79 Å². The smallest absolute Gasteiger partial charge is 0.173 e. The Hall–Kier alpha value is -2.86. The van der Waals surface area contributed by atoms with Crippen LogP contribution in [0, 0.1) is 11.3 Å². The Morgan fingerprint density at radius 2 is 1.63 bits per heavy atom. The molecule has 2 aliphatic heterocycles. The van der Waals surface area contributed by atoms with Gasteiger partial charge in [0, 0.05) is 41.8 Å². The van der Waals surface area contributed by atoms with Crippen LogP contribution in [0.3, 0.4) is 0 Å². The average molecular weight is 552 g/mol. The molecule has 0 amide bonds. The fourth-order valence-corrected chi connectivity index (χ4v) is 9.13. The van der Waals surface area contributed by atoms with Crippen LogP contribution >= 0.6 is 0 Å². The predicted octanol–water partition coefficient (Wildman–Crippen LogP) is 6.92. The molecule has 41 heavy (non-hydrogen) atoms. The molecule has 3 aliphatic carbocycles. The highest BCUT2D eigenvalue weighted by Crippen LogP contribution is 2.69. The van der Waals surface area contributed by atoms with Crippen molar-refractivity contribution >= 4 is 0 Å². The van der Waals surface area contributed by atoms with E-state index in [-0.39, 0.29) is 10.8 Å². The van der Waals surface area contributed by atoms with Crippen molar-refractivity contribution < 1.29 is 18.9 Å². The first-order valence-corrected chi connectivity index (χ1v) is 15.6. The number of para-hydroxylation sites is 1. The van der Waals surface area contributed by atoms with Gasteiger partial charge in [-0.3, -0.25) is 4.90 Å². The third-order valence-corrected chi connectivity index (χ3v) is 11.0.